The third-order valence-electron chi connectivity index (χ3n) is 6.90. The van der Waals surface area contributed by atoms with E-state index < -0.39 is 62.1 Å². The molecule has 8 nitrogen and oxygen atoms in total. The Labute approximate surface area is 204 Å². The number of carbonyl (C=O) groups excluding carboxylic acids is 4. The lowest BCUT2D eigenvalue weighted by molar-refractivity contribution is -0.187. The lowest BCUT2D eigenvalue weighted by Crippen LogP contribution is -2.45. The van der Waals surface area contributed by atoms with Crippen LogP contribution in [0, 0.1) is 28.6 Å². The van der Waals surface area contributed by atoms with E-state index in [2.05, 4.69) is 19.6 Å². The quantitative estimate of drug-likeness (QED) is 0.268. The van der Waals surface area contributed by atoms with Crippen molar-refractivity contribution >= 4 is 32.0 Å². The monoisotopic (exact) mass is 498 g/mol. The average molecular weight is 499 g/mol. The Kier molecular flexibility index (Phi) is 8.65. The molecule has 2 rings (SSSR count). The minimum atomic E-state index is -1.61. The highest BCUT2D eigenvalue weighted by Gasteiger charge is 2.55. The van der Waals surface area contributed by atoms with Gasteiger partial charge in [0.2, 0.25) is 0 Å². The molecule has 1 heterocycles. The lowest BCUT2D eigenvalue weighted by Gasteiger charge is -2.40. The SMILES string of the molecule is CC(C)CC(C)(C(=O)OCC(=O)OC1C2CC(=O)OC1C(C(=O)OC[Si](C)(C)C)C2)C(C)(C)C. The summed E-state index contributed by atoms with van der Waals surface area (Å²) in [5.41, 5.74) is -1.13. The molecule has 1 aliphatic heterocycles. The van der Waals surface area contributed by atoms with Crippen LogP contribution < -0.4 is 0 Å². The molecule has 0 N–H and O–H groups in total. The predicted octanol–water partition coefficient (Wildman–Crippen LogP) is 3.91. The standard InChI is InChI=1S/C25H42O8Si/c1-15(2)12-25(6,24(3,4)5)23(29)30-13-19(27)33-20-16-10-17(21(20)32-18(26)11-16)22(28)31-14-34(7,8)9/h15-17,20-21H,10-14H2,1-9H3. The molecule has 1 saturated carbocycles. The van der Waals surface area contributed by atoms with Gasteiger partial charge in [0.1, 0.15) is 6.10 Å². The number of ether oxygens (including phenoxy) is 4. The zero-order valence-corrected chi connectivity index (χ0v) is 23.2. The summed E-state index contributed by atoms with van der Waals surface area (Å²) in [5, 5.41) is 0. The van der Waals surface area contributed by atoms with Gasteiger partial charge in [-0.3, -0.25) is 14.4 Å². The molecule has 0 aromatic heterocycles. The van der Waals surface area contributed by atoms with Crippen LogP contribution in [-0.4, -0.2) is 57.0 Å². The van der Waals surface area contributed by atoms with Crippen molar-refractivity contribution in [2.24, 2.45) is 28.6 Å². The molecule has 0 aromatic rings. The van der Waals surface area contributed by atoms with E-state index in [0.717, 1.165) is 0 Å². The maximum Gasteiger partial charge on any atom is 0.344 e. The Balaban J connectivity index is 2.01. The van der Waals surface area contributed by atoms with Gasteiger partial charge < -0.3 is 18.9 Å². The molecule has 5 atom stereocenters. The molecule has 0 amide bonds. The van der Waals surface area contributed by atoms with Crippen LogP contribution in [-0.2, 0) is 38.1 Å². The van der Waals surface area contributed by atoms with E-state index in [1.54, 1.807) is 0 Å². The van der Waals surface area contributed by atoms with Gasteiger partial charge in [0.05, 0.1) is 32.1 Å². The first-order valence-corrected chi connectivity index (χ1v) is 15.9. The number of fused-ring (bicyclic) bond motifs is 2. The molecule has 0 radical (unpaired) electrons. The smallest absolute Gasteiger partial charge is 0.344 e. The number of hydrogen-bond acceptors (Lipinski definition) is 8. The summed E-state index contributed by atoms with van der Waals surface area (Å²) in [7, 11) is -1.61. The Morgan fingerprint density at radius 1 is 1.09 bits per heavy atom. The molecular formula is C25H42O8Si. The van der Waals surface area contributed by atoms with E-state index >= 15 is 0 Å². The fraction of sp³-hybridized carbons (Fsp3) is 0.840. The van der Waals surface area contributed by atoms with Gasteiger partial charge in [0.25, 0.3) is 0 Å². The first-order chi connectivity index (χ1) is 15.4. The van der Waals surface area contributed by atoms with Crippen LogP contribution in [0.25, 0.3) is 0 Å². The summed E-state index contributed by atoms with van der Waals surface area (Å²) in [6, 6.07) is 0. The molecule has 9 heteroatoms. The van der Waals surface area contributed by atoms with E-state index in [9.17, 15) is 19.2 Å². The summed E-state index contributed by atoms with van der Waals surface area (Å²) in [6.07, 6.45) is -0.206. The van der Waals surface area contributed by atoms with Crippen LogP contribution in [0.4, 0.5) is 0 Å². The third kappa shape index (κ3) is 6.83. The number of carbonyl (C=O) groups is 4. The predicted molar refractivity (Wildman–Crippen MR) is 128 cm³/mol. The minimum Gasteiger partial charge on any atom is -0.469 e. The molecule has 34 heavy (non-hydrogen) atoms. The second kappa shape index (κ2) is 10.4. The van der Waals surface area contributed by atoms with Gasteiger partial charge in [-0.1, -0.05) is 54.3 Å². The highest BCUT2D eigenvalue weighted by Crippen LogP contribution is 2.45. The van der Waals surface area contributed by atoms with Crippen LogP contribution in [0.1, 0.15) is 60.8 Å². The molecule has 2 aliphatic rings. The molecule has 1 aliphatic carbocycles. The van der Waals surface area contributed by atoms with Crippen molar-refractivity contribution in [3.8, 4) is 0 Å². The van der Waals surface area contributed by atoms with Crippen LogP contribution in [0.15, 0.2) is 0 Å². The second-order valence-corrected chi connectivity index (χ2v) is 18.0. The topological polar surface area (TPSA) is 105 Å². The van der Waals surface area contributed by atoms with Crippen LogP contribution in [0.3, 0.4) is 0 Å². The zero-order chi connectivity index (χ0) is 26.1. The second-order valence-electron chi connectivity index (χ2n) is 12.6. The Hall–Kier alpha value is -1.90. The summed E-state index contributed by atoms with van der Waals surface area (Å²) in [5.74, 6) is -2.72. The first-order valence-electron chi connectivity index (χ1n) is 12.2. The van der Waals surface area contributed by atoms with E-state index in [-0.39, 0.29) is 23.7 Å². The maximum absolute atomic E-state index is 13.0. The van der Waals surface area contributed by atoms with Crippen molar-refractivity contribution in [2.75, 3.05) is 12.8 Å². The molecule has 2 bridgehead atoms. The minimum absolute atomic E-state index is 0.0719. The highest BCUT2D eigenvalue weighted by molar-refractivity contribution is 6.76. The summed E-state index contributed by atoms with van der Waals surface area (Å²) < 4.78 is 21.9. The maximum atomic E-state index is 13.0. The van der Waals surface area contributed by atoms with Crippen molar-refractivity contribution in [3.63, 3.8) is 0 Å². The number of rotatable bonds is 9. The van der Waals surface area contributed by atoms with Crippen LogP contribution >= 0.6 is 0 Å². The Morgan fingerprint density at radius 2 is 1.71 bits per heavy atom. The summed E-state index contributed by atoms with van der Waals surface area (Å²) in [4.78, 5) is 50.2. The average Bonchev–Trinajstić information content (AvgIpc) is 2.87. The fourth-order valence-corrected chi connectivity index (χ4v) is 5.20. The van der Waals surface area contributed by atoms with Crippen LogP contribution in [0.2, 0.25) is 19.6 Å². The summed E-state index contributed by atoms with van der Waals surface area (Å²) >= 11 is 0. The van der Waals surface area contributed by atoms with Gasteiger partial charge in [-0.25, -0.2) is 4.79 Å². The van der Waals surface area contributed by atoms with Crippen molar-refractivity contribution in [1.82, 2.24) is 0 Å². The normalized spacial score (nSPS) is 26.5. The fourth-order valence-electron chi connectivity index (χ4n) is 4.62. The van der Waals surface area contributed by atoms with Crippen molar-refractivity contribution in [2.45, 2.75) is 92.7 Å². The molecule has 0 aromatic carbocycles. The molecule has 194 valence electrons. The van der Waals surface area contributed by atoms with Crippen molar-refractivity contribution in [1.29, 1.82) is 0 Å². The molecular weight excluding hydrogens is 456 g/mol. The largest absolute Gasteiger partial charge is 0.469 e. The van der Waals surface area contributed by atoms with Crippen molar-refractivity contribution in [3.05, 3.63) is 0 Å². The van der Waals surface area contributed by atoms with Gasteiger partial charge in [0.15, 0.2) is 12.7 Å². The molecule has 1 saturated heterocycles. The van der Waals surface area contributed by atoms with Gasteiger partial charge >= 0.3 is 23.9 Å². The van der Waals surface area contributed by atoms with E-state index in [0.29, 0.717) is 19.1 Å². The van der Waals surface area contributed by atoms with Gasteiger partial charge in [0, 0.05) is 5.92 Å². The first kappa shape index (κ1) is 28.3. The van der Waals surface area contributed by atoms with E-state index in [1.807, 2.05) is 41.5 Å². The van der Waals surface area contributed by atoms with Gasteiger partial charge in [-0.15, -0.1) is 0 Å². The van der Waals surface area contributed by atoms with Crippen molar-refractivity contribution < 1.29 is 38.1 Å². The molecule has 5 unspecified atom stereocenters. The Bertz CT molecular complexity index is 794. The lowest BCUT2D eigenvalue weighted by atomic mass is 9.64. The summed E-state index contributed by atoms with van der Waals surface area (Å²) in [6.45, 7) is 17.6. The third-order valence-corrected chi connectivity index (χ3v) is 7.91. The Morgan fingerprint density at radius 3 is 2.24 bits per heavy atom. The van der Waals surface area contributed by atoms with Gasteiger partial charge in [-0.05, 0) is 31.1 Å². The zero-order valence-electron chi connectivity index (χ0n) is 22.2. The molecule has 2 fully saturated rings. The highest BCUT2D eigenvalue weighted by atomic mass is 28.3. The number of hydrogen-bond donors (Lipinski definition) is 0. The van der Waals surface area contributed by atoms with Gasteiger partial charge in [-0.2, -0.15) is 0 Å². The van der Waals surface area contributed by atoms with E-state index in [1.165, 1.54) is 0 Å². The number of esters is 4. The van der Waals surface area contributed by atoms with Crippen LogP contribution in [0.5, 0.6) is 0 Å². The van der Waals surface area contributed by atoms with E-state index in [4.69, 9.17) is 18.9 Å². The molecule has 0 spiro atoms.